The molecule has 2 aliphatic carbocycles. The summed E-state index contributed by atoms with van der Waals surface area (Å²) >= 11 is 6.08. The van der Waals surface area contributed by atoms with Gasteiger partial charge in [-0.25, -0.2) is 0 Å². The van der Waals surface area contributed by atoms with Gasteiger partial charge < -0.3 is 14.8 Å². The van der Waals surface area contributed by atoms with Gasteiger partial charge >= 0.3 is 17.1 Å². The van der Waals surface area contributed by atoms with Crippen molar-refractivity contribution in [1.82, 2.24) is 20.0 Å². The minimum Gasteiger partial charge on any atom is -0.494 e. The Morgan fingerprint density at radius 2 is 1.71 bits per heavy atom. The van der Waals surface area contributed by atoms with Crippen LogP contribution in [0, 0.1) is 0 Å². The molecule has 0 unspecified atom stereocenters. The Morgan fingerprint density at radius 3 is 2.48 bits per heavy atom. The van der Waals surface area contributed by atoms with Gasteiger partial charge in [-0.15, -0.1) is 5.10 Å². The number of nitrogens with zero attached hydrogens (tertiary/aromatic N) is 4. The van der Waals surface area contributed by atoms with Crippen molar-refractivity contribution in [2.75, 3.05) is 25.1 Å². The Hall–Kier alpha value is -4.27. The van der Waals surface area contributed by atoms with Crippen LogP contribution in [-0.4, -0.2) is 45.5 Å². The van der Waals surface area contributed by atoms with Gasteiger partial charge in [0, 0.05) is 47.6 Å². The number of unbranched alkanes of at least 4 members (excludes halogenated alkanes) is 5. The molecule has 0 aliphatic heterocycles. The number of rotatable bonds is 20. The standard InChI is InChI=1S/C37H42ClN5O3.C5H6.Fe/c38-31-15-18-34-35(20-22-40-36(34)26-31)39-21-9-24-45-28-32-27-43(42-41-32)23-7-3-1-2-4-8-25-46-33-16-13-30(14-17-33)37(44)19-12-29-10-5-6-11-29;1-2-4-5-3-1;/h5,10-20,22,26-27H,1-4,6-9,21,23-25,28H2,(H,39,40);1-4H,5H2;/q;;+2/b19-12+;;. The van der Waals surface area contributed by atoms with Crippen molar-refractivity contribution in [3.8, 4) is 5.75 Å². The van der Waals surface area contributed by atoms with Gasteiger partial charge in [-0.3, -0.25) is 14.5 Å². The van der Waals surface area contributed by atoms with E-state index in [2.05, 4.69) is 57.1 Å². The number of hydrogen-bond acceptors (Lipinski definition) is 7. The van der Waals surface area contributed by atoms with Gasteiger partial charge in [0.1, 0.15) is 11.4 Å². The molecule has 2 aromatic carbocycles. The smallest absolute Gasteiger partial charge is 0.494 e. The van der Waals surface area contributed by atoms with Crippen LogP contribution in [0.25, 0.3) is 10.9 Å². The maximum atomic E-state index is 12.3. The van der Waals surface area contributed by atoms with Crippen molar-refractivity contribution in [1.29, 1.82) is 0 Å². The molecule has 0 bridgehead atoms. The fourth-order valence-electron chi connectivity index (χ4n) is 5.61. The normalized spacial score (nSPS) is 12.9. The Morgan fingerprint density at radius 1 is 0.904 bits per heavy atom. The molecule has 0 spiro atoms. The van der Waals surface area contributed by atoms with E-state index in [1.807, 2.05) is 71.6 Å². The zero-order valence-corrected chi connectivity index (χ0v) is 31.5. The monoisotopic (exact) mass is 761 g/mol. The third-order valence-electron chi connectivity index (χ3n) is 8.39. The van der Waals surface area contributed by atoms with Gasteiger partial charge in [-0.1, -0.05) is 91.1 Å². The van der Waals surface area contributed by atoms with Crippen LogP contribution >= 0.6 is 11.6 Å². The number of anilines is 1. The molecule has 1 N–H and O–H groups in total. The van der Waals surface area contributed by atoms with E-state index in [9.17, 15) is 4.79 Å². The van der Waals surface area contributed by atoms with E-state index in [0.29, 0.717) is 30.4 Å². The minimum atomic E-state index is 0. The van der Waals surface area contributed by atoms with Gasteiger partial charge in [0.2, 0.25) is 0 Å². The minimum absolute atomic E-state index is 0. The number of nitrogens with one attached hydrogen (secondary N) is 1. The van der Waals surface area contributed by atoms with Crippen LogP contribution in [0.15, 0.2) is 121 Å². The summed E-state index contributed by atoms with van der Waals surface area (Å²) in [7, 11) is 0. The van der Waals surface area contributed by atoms with Gasteiger partial charge in [-0.05, 0) is 92.3 Å². The number of carbonyl (C=O) groups excluding carboxylic acids is 1. The first-order chi connectivity index (χ1) is 25.1. The van der Waals surface area contributed by atoms with Crippen LogP contribution in [0.3, 0.4) is 0 Å². The van der Waals surface area contributed by atoms with Crippen molar-refractivity contribution < 1.29 is 31.3 Å². The predicted molar refractivity (Wildman–Crippen MR) is 207 cm³/mol. The van der Waals surface area contributed by atoms with Crippen molar-refractivity contribution in [2.45, 2.75) is 70.9 Å². The summed E-state index contributed by atoms with van der Waals surface area (Å²) in [4.78, 5) is 16.7. The molecule has 0 fully saturated rings. The number of hydrogen-bond donors (Lipinski definition) is 1. The first-order valence-corrected chi connectivity index (χ1v) is 18.4. The third kappa shape index (κ3) is 14.4. The molecule has 52 heavy (non-hydrogen) atoms. The van der Waals surface area contributed by atoms with Gasteiger partial charge in [0.05, 0.1) is 24.9 Å². The number of aromatic nitrogens is 4. The molecule has 0 amide bonds. The van der Waals surface area contributed by atoms with Crippen LogP contribution < -0.4 is 10.1 Å². The summed E-state index contributed by atoms with van der Waals surface area (Å²) in [5, 5.41) is 13.7. The number of ketones is 1. The van der Waals surface area contributed by atoms with Crippen LogP contribution in [0.2, 0.25) is 5.02 Å². The molecule has 2 aliphatic rings. The van der Waals surface area contributed by atoms with Crippen LogP contribution in [0.1, 0.15) is 73.8 Å². The molecule has 10 heteroatoms. The maximum absolute atomic E-state index is 12.3. The number of allylic oxidation sites excluding steroid dienone is 10. The van der Waals surface area contributed by atoms with Crippen molar-refractivity contribution in [2.24, 2.45) is 0 Å². The fourth-order valence-corrected chi connectivity index (χ4v) is 5.78. The van der Waals surface area contributed by atoms with Gasteiger partial charge in [0.15, 0.2) is 5.78 Å². The van der Waals surface area contributed by atoms with Crippen LogP contribution in [0.4, 0.5) is 5.69 Å². The summed E-state index contributed by atoms with van der Waals surface area (Å²) in [5.74, 6) is 0.808. The van der Waals surface area contributed by atoms with Crippen LogP contribution in [0.5, 0.6) is 5.75 Å². The van der Waals surface area contributed by atoms with E-state index in [1.165, 1.54) is 12.8 Å². The molecule has 272 valence electrons. The Balaban J connectivity index is 0.000000928. The van der Waals surface area contributed by atoms with E-state index in [1.54, 1.807) is 12.3 Å². The Labute approximate surface area is 323 Å². The molecular weight excluding hydrogens is 714 g/mol. The molecule has 0 saturated heterocycles. The number of ether oxygens (including phenoxy) is 2. The Bertz CT molecular complexity index is 1820. The quantitative estimate of drug-likeness (QED) is 0.0415. The molecular formula is C42H48ClFeN5O3+2. The van der Waals surface area contributed by atoms with E-state index in [4.69, 9.17) is 21.1 Å². The zero-order chi connectivity index (χ0) is 35.4. The van der Waals surface area contributed by atoms with Crippen molar-refractivity contribution in [3.63, 3.8) is 0 Å². The fraction of sp³-hybridized carbons (Fsp3) is 0.333. The van der Waals surface area contributed by atoms with Gasteiger partial charge in [0.25, 0.3) is 0 Å². The predicted octanol–water partition coefficient (Wildman–Crippen LogP) is 10.0. The first kappa shape index (κ1) is 40.5. The zero-order valence-electron chi connectivity index (χ0n) is 29.6. The summed E-state index contributed by atoms with van der Waals surface area (Å²) in [5.41, 5.74) is 4.54. The SMILES string of the molecule is C1=CCC=C1.O=C(/C=C/C1=CCC=C1)c1ccc(OCCCCCCCCn2cc(COCCCNc3ccnc4cc(Cl)ccc34)nn2)cc1.[Fe+2]. The summed E-state index contributed by atoms with van der Waals surface area (Å²) in [6.07, 6.45) is 31.6. The maximum Gasteiger partial charge on any atom is 2.00 e. The molecule has 0 saturated carbocycles. The second-order valence-corrected chi connectivity index (χ2v) is 12.9. The van der Waals surface area contributed by atoms with Crippen molar-refractivity contribution >= 4 is 34.0 Å². The number of benzene rings is 2. The number of aryl methyl sites for hydroxylation is 1. The van der Waals surface area contributed by atoms with E-state index in [-0.39, 0.29) is 22.9 Å². The topological polar surface area (TPSA) is 91.2 Å². The molecule has 0 atom stereocenters. The first-order valence-electron chi connectivity index (χ1n) is 18.0. The molecule has 6 rings (SSSR count). The van der Waals surface area contributed by atoms with E-state index in [0.717, 1.165) is 91.6 Å². The number of halogens is 1. The summed E-state index contributed by atoms with van der Waals surface area (Å²) < 4.78 is 13.6. The number of pyridine rings is 1. The largest absolute Gasteiger partial charge is 2.00 e. The number of fused-ring (bicyclic) bond motifs is 1. The van der Waals surface area contributed by atoms with Crippen LogP contribution in [-0.2, 0) is 35.0 Å². The van der Waals surface area contributed by atoms with Gasteiger partial charge in [-0.2, -0.15) is 0 Å². The van der Waals surface area contributed by atoms with E-state index < -0.39 is 0 Å². The van der Waals surface area contributed by atoms with E-state index >= 15 is 0 Å². The summed E-state index contributed by atoms with van der Waals surface area (Å²) in [6, 6.07) is 15.1. The molecule has 8 nitrogen and oxygen atoms in total. The average Bonchev–Trinajstić information content (AvgIpc) is 3.98. The third-order valence-corrected chi connectivity index (χ3v) is 8.63. The molecule has 0 radical (unpaired) electrons. The Kier molecular flexibility index (Phi) is 18.2. The second-order valence-electron chi connectivity index (χ2n) is 12.5. The molecule has 2 heterocycles. The average molecular weight is 762 g/mol. The molecule has 2 aromatic heterocycles. The molecule has 4 aromatic rings. The summed E-state index contributed by atoms with van der Waals surface area (Å²) in [6.45, 7) is 3.46. The van der Waals surface area contributed by atoms with Crippen molar-refractivity contribution in [3.05, 3.63) is 137 Å². The number of carbonyl (C=O) groups is 1. The second kappa shape index (κ2) is 23.3.